The minimum Gasteiger partial charge on any atom is -0.478 e. The number of imidazole rings is 1. The molecule has 3 aromatic rings. The molecule has 3 heterocycles. The molecule has 0 radical (unpaired) electrons. The maximum Gasteiger partial charge on any atom is 0.328 e. The topological polar surface area (TPSA) is 125 Å². The molecular weight excluding hydrogens is 517 g/mol. The Morgan fingerprint density at radius 3 is 2.37 bits per heavy atom. The minimum atomic E-state index is -1.26. The molecule has 0 amide bonds. The van der Waals surface area contributed by atoms with E-state index < -0.39 is 11.9 Å². The van der Waals surface area contributed by atoms with Gasteiger partial charge in [-0.1, -0.05) is 23.7 Å². The standard InChI is InChI=1S/C23H25ClFN3O2.C4H4O4/c24-17-3-6-21-20(12-17)26-23(29)28(21)19-7-9-27(10-8-19)13-15-11-22(30-14-15)16-1-4-18(25)5-2-16;5-3(6)1-2-4(7)8/h1-6,12,15,19,22H,7-11,13-14H2,(H,26,29);1-2H,(H,5,6)(H,7,8)/b;2-1-. The van der Waals surface area contributed by atoms with Crippen LogP contribution in [0.5, 0.6) is 0 Å². The van der Waals surface area contributed by atoms with Gasteiger partial charge in [-0.05, 0) is 61.1 Å². The fourth-order valence-electron chi connectivity index (χ4n) is 5.06. The van der Waals surface area contributed by atoms with Gasteiger partial charge in [0.05, 0.1) is 23.7 Å². The number of nitrogens with one attached hydrogen (secondary N) is 1. The number of H-pyrrole nitrogens is 1. The number of rotatable bonds is 6. The zero-order valence-electron chi connectivity index (χ0n) is 20.6. The number of fused-ring (bicyclic) bond motifs is 1. The Morgan fingerprint density at radius 2 is 1.74 bits per heavy atom. The number of piperidine rings is 1. The molecule has 0 spiro atoms. The molecule has 0 aliphatic carbocycles. The van der Waals surface area contributed by atoms with E-state index in [0.717, 1.165) is 62.1 Å². The van der Waals surface area contributed by atoms with Crippen LogP contribution in [0.2, 0.25) is 5.02 Å². The highest BCUT2D eigenvalue weighted by atomic mass is 35.5. The van der Waals surface area contributed by atoms with Crippen LogP contribution < -0.4 is 5.69 Å². The summed E-state index contributed by atoms with van der Waals surface area (Å²) in [5.41, 5.74) is 2.72. The molecule has 0 bridgehead atoms. The van der Waals surface area contributed by atoms with E-state index in [0.29, 0.717) is 23.1 Å². The third kappa shape index (κ3) is 7.09. The number of carboxylic acid groups (broad SMARTS) is 2. The van der Waals surface area contributed by atoms with Gasteiger partial charge in [0.2, 0.25) is 0 Å². The summed E-state index contributed by atoms with van der Waals surface area (Å²) < 4.78 is 21.0. The molecule has 2 aromatic carbocycles. The van der Waals surface area contributed by atoms with Crippen LogP contribution in [0.3, 0.4) is 0 Å². The number of likely N-dealkylation sites (tertiary alicyclic amines) is 1. The summed E-state index contributed by atoms with van der Waals surface area (Å²) in [7, 11) is 0. The van der Waals surface area contributed by atoms with Crippen molar-refractivity contribution in [1.82, 2.24) is 14.5 Å². The summed E-state index contributed by atoms with van der Waals surface area (Å²) in [6.07, 6.45) is 4.04. The second-order valence-corrected chi connectivity index (χ2v) is 9.91. The molecule has 5 rings (SSSR count). The fraction of sp³-hybridized carbons (Fsp3) is 0.370. The monoisotopic (exact) mass is 545 g/mol. The zero-order chi connectivity index (χ0) is 27.2. The third-order valence-corrected chi connectivity index (χ3v) is 7.04. The predicted molar refractivity (Wildman–Crippen MR) is 140 cm³/mol. The van der Waals surface area contributed by atoms with Gasteiger partial charge in [-0.2, -0.15) is 0 Å². The smallest absolute Gasteiger partial charge is 0.328 e. The number of aromatic nitrogens is 2. The third-order valence-electron chi connectivity index (χ3n) is 6.81. The molecule has 2 atom stereocenters. The number of hydrogen-bond acceptors (Lipinski definition) is 5. The van der Waals surface area contributed by atoms with Crippen LogP contribution in [0.15, 0.2) is 59.4 Å². The average molecular weight is 546 g/mol. The molecule has 11 heteroatoms. The van der Waals surface area contributed by atoms with Crippen LogP contribution in [0.1, 0.15) is 37.0 Å². The summed E-state index contributed by atoms with van der Waals surface area (Å²) in [5.74, 6) is -2.25. The SMILES string of the molecule is O=C(O)/C=C\C(=O)O.O=c1[nH]c2cc(Cl)ccc2n1C1CCN(CC2COC(c3ccc(F)cc3)C2)CC1. The lowest BCUT2D eigenvalue weighted by atomic mass is 9.98. The maximum absolute atomic E-state index is 13.1. The number of ether oxygens (including phenoxy) is 1. The average Bonchev–Trinajstić information content (AvgIpc) is 3.47. The van der Waals surface area contributed by atoms with Crippen molar-refractivity contribution in [1.29, 1.82) is 0 Å². The Morgan fingerprint density at radius 1 is 1.08 bits per heavy atom. The van der Waals surface area contributed by atoms with Crippen molar-refractivity contribution in [2.45, 2.75) is 31.4 Å². The molecule has 2 unspecified atom stereocenters. The molecule has 202 valence electrons. The van der Waals surface area contributed by atoms with Crippen LogP contribution in [0.4, 0.5) is 4.39 Å². The van der Waals surface area contributed by atoms with Gasteiger partial charge >= 0.3 is 17.6 Å². The fourth-order valence-corrected chi connectivity index (χ4v) is 5.23. The van der Waals surface area contributed by atoms with E-state index in [1.54, 1.807) is 0 Å². The number of benzene rings is 2. The molecule has 1 aromatic heterocycles. The number of carboxylic acids is 2. The van der Waals surface area contributed by atoms with Crippen LogP contribution in [0, 0.1) is 11.7 Å². The number of hydrogen-bond donors (Lipinski definition) is 3. The maximum atomic E-state index is 13.1. The normalized spacial score (nSPS) is 20.5. The van der Waals surface area contributed by atoms with E-state index in [2.05, 4.69) is 9.88 Å². The molecular formula is C27H29ClFN3O6. The second-order valence-electron chi connectivity index (χ2n) is 9.48. The lowest BCUT2D eigenvalue weighted by molar-refractivity contribution is -0.134. The van der Waals surface area contributed by atoms with E-state index >= 15 is 0 Å². The van der Waals surface area contributed by atoms with Crippen LogP contribution in [-0.2, 0) is 14.3 Å². The molecule has 2 aliphatic rings. The largest absolute Gasteiger partial charge is 0.478 e. The molecule has 3 N–H and O–H groups in total. The number of aliphatic carboxylic acids is 2. The first-order valence-electron chi connectivity index (χ1n) is 12.3. The minimum absolute atomic E-state index is 0.0583. The predicted octanol–water partition coefficient (Wildman–Crippen LogP) is 4.25. The van der Waals surface area contributed by atoms with Gasteiger partial charge in [-0.15, -0.1) is 0 Å². The molecule has 0 saturated carbocycles. The van der Waals surface area contributed by atoms with Crippen molar-refractivity contribution in [3.8, 4) is 0 Å². The van der Waals surface area contributed by atoms with Crippen LogP contribution in [-0.4, -0.2) is 62.8 Å². The Labute approximate surface area is 223 Å². The van der Waals surface area contributed by atoms with Crippen LogP contribution in [0.25, 0.3) is 11.0 Å². The lowest BCUT2D eigenvalue weighted by Gasteiger charge is -2.33. The van der Waals surface area contributed by atoms with Gasteiger partial charge in [0, 0.05) is 42.9 Å². The Bertz CT molecular complexity index is 1350. The van der Waals surface area contributed by atoms with E-state index in [1.165, 1.54) is 12.1 Å². The van der Waals surface area contributed by atoms with E-state index in [4.69, 9.17) is 26.6 Å². The summed E-state index contributed by atoms with van der Waals surface area (Å²) in [5, 5.41) is 16.3. The Kier molecular flexibility index (Phi) is 8.98. The Hall–Kier alpha value is -3.47. The molecule has 2 aliphatic heterocycles. The van der Waals surface area contributed by atoms with Gasteiger partial charge in [0.25, 0.3) is 0 Å². The van der Waals surface area contributed by atoms with Crippen molar-refractivity contribution in [3.63, 3.8) is 0 Å². The van der Waals surface area contributed by atoms with Crippen molar-refractivity contribution in [2.24, 2.45) is 5.92 Å². The highest BCUT2D eigenvalue weighted by molar-refractivity contribution is 6.31. The molecule has 38 heavy (non-hydrogen) atoms. The molecule has 2 saturated heterocycles. The van der Waals surface area contributed by atoms with Crippen molar-refractivity contribution >= 4 is 34.6 Å². The first kappa shape index (κ1) is 27.6. The van der Waals surface area contributed by atoms with Gasteiger partial charge in [0.1, 0.15) is 5.82 Å². The van der Waals surface area contributed by atoms with Crippen molar-refractivity contribution in [3.05, 3.63) is 81.5 Å². The quantitative estimate of drug-likeness (QED) is 0.395. The van der Waals surface area contributed by atoms with Crippen molar-refractivity contribution < 1.29 is 28.9 Å². The molecule has 9 nitrogen and oxygen atoms in total. The van der Waals surface area contributed by atoms with E-state index in [1.807, 2.05) is 34.9 Å². The van der Waals surface area contributed by atoms with Gasteiger partial charge in [0.15, 0.2) is 0 Å². The van der Waals surface area contributed by atoms with Gasteiger partial charge < -0.3 is 24.8 Å². The number of aromatic amines is 1. The van der Waals surface area contributed by atoms with E-state index in [9.17, 15) is 18.8 Å². The summed E-state index contributed by atoms with van der Waals surface area (Å²) in [6.45, 7) is 3.68. The number of halogens is 2. The van der Waals surface area contributed by atoms with Gasteiger partial charge in [-0.25, -0.2) is 18.8 Å². The zero-order valence-corrected chi connectivity index (χ0v) is 21.3. The lowest BCUT2D eigenvalue weighted by Crippen LogP contribution is -2.39. The summed E-state index contributed by atoms with van der Waals surface area (Å²) in [6, 6.07) is 12.4. The number of nitrogens with zero attached hydrogens (tertiary/aromatic N) is 2. The second kappa shape index (κ2) is 12.4. The first-order chi connectivity index (χ1) is 18.2. The summed E-state index contributed by atoms with van der Waals surface area (Å²) >= 11 is 6.06. The highest BCUT2D eigenvalue weighted by Crippen LogP contribution is 2.34. The van der Waals surface area contributed by atoms with Gasteiger partial charge in [-0.3, -0.25) is 4.57 Å². The molecule has 2 fully saturated rings. The van der Waals surface area contributed by atoms with E-state index in [-0.39, 0.29) is 23.7 Å². The highest BCUT2D eigenvalue weighted by Gasteiger charge is 2.30. The Balaban J connectivity index is 0.000000368. The first-order valence-corrected chi connectivity index (χ1v) is 12.7. The van der Waals surface area contributed by atoms with Crippen molar-refractivity contribution in [2.75, 3.05) is 26.2 Å². The number of carbonyl (C=O) groups is 2. The van der Waals surface area contributed by atoms with Crippen LogP contribution >= 0.6 is 11.6 Å². The summed E-state index contributed by atoms with van der Waals surface area (Å²) in [4.78, 5) is 37.0.